The van der Waals surface area contributed by atoms with Crippen molar-refractivity contribution in [2.75, 3.05) is 5.32 Å². The molecule has 0 aliphatic heterocycles. The van der Waals surface area contributed by atoms with Crippen LogP contribution in [-0.4, -0.2) is 18.0 Å². The highest BCUT2D eigenvalue weighted by atomic mass is 19.4. The number of amides is 2. The number of carbonyl (C=O) groups excluding carboxylic acids is 2. The van der Waals surface area contributed by atoms with Gasteiger partial charge < -0.3 is 10.6 Å². The molecule has 7 heteroatoms. The van der Waals surface area contributed by atoms with Crippen LogP contribution in [0.4, 0.5) is 18.9 Å². The van der Waals surface area contributed by atoms with Crippen LogP contribution in [0.1, 0.15) is 16.7 Å². The second-order valence-electron chi connectivity index (χ2n) is 5.56. The van der Waals surface area contributed by atoms with Crippen LogP contribution in [0.2, 0.25) is 0 Å². The average molecular weight is 362 g/mol. The second kappa shape index (κ2) is 8.33. The van der Waals surface area contributed by atoms with Gasteiger partial charge in [-0.25, -0.2) is 0 Å². The van der Waals surface area contributed by atoms with E-state index in [1.165, 1.54) is 30.3 Å². The standard InChI is InChI=1S/C19H17F3N2O2/c1-13-4-2-3-5-15(13)8-11-17(25)23-12-14-6-9-16(10-7-14)24-18(26)19(20,21)22/h2-11H,12H2,1H3,(H,23,25)(H,24,26)/b11-8+. The van der Waals surface area contributed by atoms with Gasteiger partial charge in [-0.1, -0.05) is 36.4 Å². The Morgan fingerprint density at radius 2 is 1.69 bits per heavy atom. The normalized spacial score (nSPS) is 11.4. The van der Waals surface area contributed by atoms with E-state index >= 15 is 0 Å². The van der Waals surface area contributed by atoms with E-state index in [0.29, 0.717) is 5.56 Å². The zero-order chi connectivity index (χ0) is 19.2. The minimum absolute atomic E-state index is 0.0295. The van der Waals surface area contributed by atoms with E-state index in [1.807, 2.05) is 31.2 Å². The number of alkyl halides is 3. The highest BCUT2D eigenvalue weighted by Crippen LogP contribution is 2.18. The van der Waals surface area contributed by atoms with Crippen molar-refractivity contribution in [3.63, 3.8) is 0 Å². The number of rotatable bonds is 5. The lowest BCUT2D eigenvalue weighted by Crippen LogP contribution is -2.29. The van der Waals surface area contributed by atoms with Crippen LogP contribution in [0.25, 0.3) is 6.08 Å². The van der Waals surface area contributed by atoms with E-state index in [4.69, 9.17) is 0 Å². The summed E-state index contributed by atoms with van der Waals surface area (Å²) in [6, 6.07) is 13.4. The Balaban J connectivity index is 1.87. The molecule has 0 atom stereocenters. The van der Waals surface area contributed by atoms with E-state index in [-0.39, 0.29) is 18.1 Å². The molecule has 0 saturated carbocycles. The third-order valence-electron chi connectivity index (χ3n) is 3.54. The zero-order valence-electron chi connectivity index (χ0n) is 13.9. The number of nitrogens with one attached hydrogen (secondary N) is 2. The SMILES string of the molecule is Cc1ccccc1/C=C/C(=O)NCc1ccc(NC(=O)C(F)(F)F)cc1. The lowest BCUT2D eigenvalue weighted by Gasteiger charge is -2.09. The third kappa shape index (κ3) is 5.77. The molecule has 0 fully saturated rings. The summed E-state index contributed by atoms with van der Waals surface area (Å²) in [5, 5.41) is 4.44. The van der Waals surface area contributed by atoms with Crippen LogP contribution < -0.4 is 10.6 Å². The van der Waals surface area contributed by atoms with Crippen molar-refractivity contribution in [3.05, 3.63) is 71.3 Å². The maximum absolute atomic E-state index is 12.2. The average Bonchev–Trinajstić information content (AvgIpc) is 2.59. The summed E-state index contributed by atoms with van der Waals surface area (Å²) in [4.78, 5) is 22.7. The number of halogens is 3. The van der Waals surface area contributed by atoms with E-state index in [0.717, 1.165) is 11.1 Å². The molecule has 2 aromatic carbocycles. The quantitative estimate of drug-likeness (QED) is 0.795. The monoisotopic (exact) mass is 362 g/mol. The summed E-state index contributed by atoms with van der Waals surface area (Å²) in [5.74, 6) is -2.32. The third-order valence-corrected chi connectivity index (χ3v) is 3.54. The molecule has 0 unspecified atom stereocenters. The van der Waals surface area contributed by atoms with Gasteiger partial charge in [0.1, 0.15) is 0 Å². The highest BCUT2D eigenvalue weighted by molar-refractivity contribution is 5.95. The smallest absolute Gasteiger partial charge is 0.348 e. The van der Waals surface area contributed by atoms with Crippen molar-refractivity contribution in [3.8, 4) is 0 Å². The Bertz CT molecular complexity index is 812. The molecule has 0 radical (unpaired) electrons. The molecule has 2 aromatic rings. The molecule has 26 heavy (non-hydrogen) atoms. The van der Waals surface area contributed by atoms with Gasteiger partial charge >= 0.3 is 12.1 Å². The molecule has 2 amide bonds. The highest BCUT2D eigenvalue weighted by Gasteiger charge is 2.38. The van der Waals surface area contributed by atoms with E-state index in [9.17, 15) is 22.8 Å². The largest absolute Gasteiger partial charge is 0.471 e. The summed E-state index contributed by atoms with van der Waals surface area (Å²) < 4.78 is 36.5. The molecule has 4 nitrogen and oxygen atoms in total. The Hall–Kier alpha value is -3.09. The van der Waals surface area contributed by atoms with Gasteiger partial charge in [-0.15, -0.1) is 0 Å². The van der Waals surface area contributed by atoms with Crippen molar-refractivity contribution < 1.29 is 22.8 Å². The molecule has 0 heterocycles. The molecule has 0 spiro atoms. The predicted molar refractivity (Wildman–Crippen MR) is 93.2 cm³/mol. The van der Waals surface area contributed by atoms with Crippen LogP contribution in [0, 0.1) is 6.92 Å². The Morgan fingerprint density at radius 1 is 1.04 bits per heavy atom. The molecule has 0 aromatic heterocycles. The zero-order valence-corrected chi connectivity index (χ0v) is 13.9. The van der Waals surface area contributed by atoms with Crippen molar-refractivity contribution in [2.45, 2.75) is 19.6 Å². The van der Waals surface area contributed by atoms with Gasteiger partial charge in [0, 0.05) is 18.3 Å². The van der Waals surface area contributed by atoms with E-state index in [1.54, 1.807) is 11.4 Å². The number of anilines is 1. The van der Waals surface area contributed by atoms with E-state index in [2.05, 4.69) is 5.32 Å². The van der Waals surface area contributed by atoms with Gasteiger partial charge in [-0.2, -0.15) is 13.2 Å². The topological polar surface area (TPSA) is 58.2 Å². The summed E-state index contributed by atoms with van der Waals surface area (Å²) in [6.45, 7) is 2.15. The summed E-state index contributed by atoms with van der Waals surface area (Å²) in [7, 11) is 0. The maximum atomic E-state index is 12.2. The summed E-state index contributed by atoms with van der Waals surface area (Å²) in [5.41, 5.74) is 2.70. The maximum Gasteiger partial charge on any atom is 0.471 e. The first-order valence-electron chi connectivity index (χ1n) is 7.74. The van der Waals surface area contributed by atoms with Crippen LogP contribution in [0.3, 0.4) is 0 Å². The molecule has 0 aliphatic rings. The first-order valence-corrected chi connectivity index (χ1v) is 7.74. The Morgan fingerprint density at radius 3 is 2.31 bits per heavy atom. The van der Waals surface area contributed by atoms with Gasteiger partial charge in [0.25, 0.3) is 0 Å². The van der Waals surface area contributed by atoms with Gasteiger partial charge in [0.2, 0.25) is 5.91 Å². The molecule has 136 valence electrons. The molecule has 0 saturated heterocycles. The summed E-state index contributed by atoms with van der Waals surface area (Å²) >= 11 is 0. The van der Waals surface area contributed by atoms with Gasteiger partial charge in [0.05, 0.1) is 0 Å². The van der Waals surface area contributed by atoms with Crippen LogP contribution in [0.15, 0.2) is 54.6 Å². The van der Waals surface area contributed by atoms with Crippen molar-refractivity contribution in [1.82, 2.24) is 5.32 Å². The minimum atomic E-state index is -4.93. The fourth-order valence-corrected chi connectivity index (χ4v) is 2.10. The van der Waals surface area contributed by atoms with Crippen molar-refractivity contribution in [1.29, 1.82) is 0 Å². The molecule has 2 rings (SSSR count). The van der Waals surface area contributed by atoms with Gasteiger partial charge in [-0.3, -0.25) is 9.59 Å². The first-order chi connectivity index (χ1) is 12.3. The molecular weight excluding hydrogens is 345 g/mol. The lowest BCUT2D eigenvalue weighted by atomic mass is 10.1. The summed E-state index contributed by atoms with van der Waals surface area (Å²) in [6.07, 6.45) is -1.81. The molecule has 2 N–H and O–H groups in total. The van der Waals surface area contributed by atoms with Crippen LogP contribution >= 0.6 is 0 Å². The Kier molecular flexibility index (Phi) is 6.16. The van der Waals surface area contributed by atoms with Gasteiger partial charge in [0.15, 0.2) is 0 Å². The fraction of sp³-hybridized carbons (Fsp3) is 0.158. The number of aryl methyl sites for hydroxylation is 1. The van der Waals surface area contributed by atoms with Crippen LogP contribution in [0.5, 0.6) is 0 Å². The van der Waals surface area contributed by atoms with Crippen molar-refractivity contribution in [2.24, 2.45) is 0 Å². The predicted octanol–water partition coefficient (Wildman–Crippen LogP) is 3.83. The first kappa shape index (κ1) is 19.2. The second-order valence-corrected chi connectivity index (χ2v) is 5.56. The van der Waals surface area contributed by atoms with Crippen molar-refractivity contribution >= 4 is 23.6 Å². The number of hydrogen-bond acceptors (Lipinski definition) is 2. The molecule has 0 bridgehead atoms. The number of hydrogen-bond donors (Lipinski definition) is 2. The van der Waals surface area contributed by atoms with Gasteiger partial charge in [-0.05, 0) is 41.8 Å². The number of carbonyl (C=O) groups is 2. The lowest BCUT2D eigenvalue weighted by molar-refractivity contribution is -0.167. The molecular formula is C19H17F3N2O2. The number of benzene rings is 2. The van der Waals surface area contributed by atoms with Crippen LogP contribution in [-0.2, 0) is 16.1 Å². The minimum Gasteiger partial charge on any atom is -0.348 e. The Labute approximate surface area is 148 Å². The van der Waals surface area contributed by atoms with E-state index < -0.39 is 12.1 Å². The molecule has 0 aliphatic carbocycles. The fourth-order valence-electron chi connectivity index (χ4n) is 2.10.